The van der Waals surface area contributed by atoms with E-state index in [1.54, 1.807) is 0 Å². The van der Waals surface area contributed by atoms with Crippen molar-refractivity contribution in [1.29, 1.82) is 0 Å². The van der Waals surface area contributed by atoms with E-state index in [4.69, 9.17) is 4.55 Å². The summed E-state index contributed by atoms with van der Waals surface area (Å²) in [7, 11) is -1.98. The third kappa shape index (κ3) is 10.2. The second-order valence-corrected chi connectivity index (χ2v) is 6.69. The van der Waals surface area contributed by atoms with Crippen LogP contribution in [0.15, 0.2) is 48.6 Å². The molecule has 0 aliphatic rings. The Bertz CT molecular complexity index is 592. The molecule has 22 heavy (non-hydrogen) atoms. The van der Waals surface area contributed by atoms with Gasteiger partial charge in [0, 0.05) is 19.3 Å². The fraction of sp³-hybridized carbons (Fsp3) is 0.412. The molecule has 0 spiro atoms. The van der Waals surface area contributed by atoms with Crippen LogP contribution in [-0.4, -0.2) is 32.3 Å². The van der Waals surface area contributed by atoms with Crippen LogP contribution < -0.4 is 4.90 Å². The Morgan fingerprint density at radius 1 is 1.41 bits per heavy atom. The molecule has 0 radical (unpaired) electrons. The molecular weight excluding hydrogens is 298 g/mol. The van der Waals surface area contributed by atoms with Gasteiger partial charge in [0.2, 0.25) is 0 Å². The molecule has 1 N–H and O–H groups in total. The highest BCUT2D eigenvalue weighted by Gasteiger charge is 2.04. The Morgan fingerprint density at radius 2 is 2.00 bits per heavy atom. The van der Waals surface area contributed by atoms with Gasteiger partial charge in [-0.05, 0) is 38.0 Å². The second kappa shape index (κ2) is 10.2. The first-order valence-electron chi connectivity index (χ1n) is 7.19. The quantitative estimate of drug-likeness (QED) is 0.637. The molecule has 4 nitrogen and oxygen atoms in total. The number of rotatable bonds is 6. The first-order chi connectivity index (χ1) is 10.2. The predicted molar refractivity (Wildman–Crippen MR) is 95.1 cm³/mol. The fourth-order valence-corrected chi connectivity index (χ4v) is 2.14. The zero-order valence-electron chi connectivity index (χ0n) is 13.9. The molecular formula is C17H27NO3S. The van der Waals surface area contributed by atoms with Gasteiger partial charge in [0.05, 0.1) is 5.75 Å². The molecule has 124 valence electrons. The molecule has 0 aliphatic heterocycles. The van der Waals surface area contributed by atoms with E-state index in [2.05, 4.69) is 19.6 Å². The Kier molecular flexibility index (Phi) is 9.45. The molecule has 0 saturated carbocycles. The lowest BCUT2D eigenvalue weighted by molar-refractivity contribution is 0.486. The predicted octanol–water partition coefficient (Wildman–Crippen LogP) is 3.85. The number of allylic oxidation sites excluding steroid dienone is 1. The maximum Gasteiger partial charge on any atom is 0.268 e. The van der Waals surface area contributed by atoms with Crippen LogP contribution in [0.25, 0.3) is 0 Å². The maximum absolute atomic E-state index is 10.6. The summed E-state index contributed by atoms with van der Waals surface area (Å²) in [4.78, 5) is 2.03. The monoisotopic (exact) mass is 325 g/mol. The molecule has 0 amide bonds. The number of benzene rings is 1. The molecule has 0 saturated heterocycles. The molecule has 0 aromatic heterocycles. The summed E-state index contributed by atoms with van der Waals surface area (Å²) in [6, 6.07) is 8.08. The van der Waals surface area contributed by atoms with E-state index in [-0.39, 0.29) is 5.75 Å². The summed E-state index contributed by atoms with van der Waals surface area (Å²) < 4.78 is 29.9. The van der Waals surface area contributed by atoms with Gasteiger partial charge in [-0.1, -0.05) is 36.8 Å². The van der Waals surface area contributed by atoms with Crippen molar-refractivity contribution in [3.63, 3.8) is 0 Å². The van der Waals surface area contributed by atoms with Crippen LogP contribution >= 0.6 is 0 Å². The average molecular weight is 325 g/mol. The van der Waals surface area contributed by atoms with Gasteiger partial charge in [-0.25, -0.2) is 0 Å². The van der Waals surface area contributed by atoms with E-state index in [9.17, 15) is 8.42 Å². The van der Waals surface area contributed by atoms with E-state index in [0.717, 1.165) is 17.7 Å². The van der Waals surface area contributed by atoms with Crippen LogP contribution in [0.4, 0.5) is 5.69 Å². The fourth-order valence-electron chi connectivity index (χ4n) is 1.64. The molecule has 0 bridgehead atoms. The summed E-state index contributed by atoms with van der Waals surface area (Å²) in [5.74, 6) is -0.333. The number of anilines is 1. The number of hydrogen-bond donors (Lipinski definition) is 1. The van der Waals surface area contributed by atoms with Gasteiger partial charge in [-0.3, -0.25) is 4.55 Å². The van der Waals surface area contributed by atoms with Gasteiger partial charge in [0.25, 0.3) is 10.1 Å². The minimum Gasteiger partial charge on any atom is -0.371 e. The Hall–Kier alpha value is -1.59. The molecule has 0 heterocycles. The molecule has 0 unspecified atom stereocenters. The van der Waals surface area contributed by atoms with Crippen LogP contribution in [0.2, 0.25) is 0 Å². The second-order valence-electron chi connectivity index (χ2n) is 5.19. The standard InChI is InChI=1S/C13H19NO3S.C4H8/c1-11-5-4-6-13(9-11)14(3)10-12(2)7-8-18(15,16)17;1-3-4-2/h4-7,9H,8,10H2,1-3H3,(H,15,16,17);3H,1,4H2,2H3/b12-7+;. The van der Waals surface area contributed by atoms with Gasteiger partial charge in [-0.2, -0.15) is 8.42 Å². The summed E-state index contributed by atoms with van der Waals surface area (Å²) in [5.41, 5.74) is 3.16. The largest absolute Gasteiger partial charge is 0.371 e. The zero-order valence-corrected chi connectivity index (χ0v) is 14.7. The SMILES string of the molecule is C/C(=C\CS(=O)(=O)O)CN(C)c1cccc(C)c1.C=CCC. The van der Waals surface area contributed by atoms with Gasteiger partial charge in [-0.15, -0.1) is 6.58 Å². The molecule has 1 aromatic carbocycles. The molecule has 5 heteroatoms. The van der Waals surface area contributed by atoms with Gasteiger partial charge in [0.1, 0.15) is 0 Å². The highest BCUT2D eigenvalue weighted by molar-refractivity contribution is 7.85. The topological polar surface area (TPSA) is 57.6 Å². The van der Waals surface area contributed by atoms with E-state index in [0.29, 0.717) is 6.54 Å². The summed E-state index contributed by atoms with van der Waals surface area (Å²) in [6.45, 7) is 10.0. The van der Waals surface area contributed by atoms with Crippen LogP contribution in [-0.2, 0) is 10.1 Å². The van der Waals surface area contributed by atoms with Crippen molar-refractivity contribution in [2.24, 2.45) is 0 Å². The number of nitrogens with zero attached hydrogens (tertiary/aromatic N) is 1. The average Bonchev–Trinajstić information content (AvgIpc) is 2.44. The lowest BCUT2D eigenvalue weighted by Gasteiger charge is -2.20. The van der Waals surface area contributed by atoms with E-state index < -0.39 is 10.1 Å². The summed E-state index contributed by atoms with van der Waals surface area (Å²) in [6.07, 6.45) is 4.49. The van der Waals surface area contributed by atoms with Crippen LogP contribution in [0.1, 0.15) is 25.8 Å². The minimum atomic E-state index is -3.92. The van der Waals surface area contributed by atoms with Crippen molar-refractivity contribution in [3.05, 3.63) is 54.1 Å². The highest BCUT2D eigenvalue weighted by atomic mass is 32.2. The Morgan fingerprint density at radius 3 is 2.45 bits per heavy atom. The van der Waals surface area contributed by atoms with Crippen molar-refractivity contribution in [1.82, 2.24) is 0 Å². The van der Waals surface area contributed by atoms with Crippen molar-refractivity contribution in [2.75, 3.05) is 24.2 Å². The molecule has 1 aromatic rings. The Labute approximate surface area is 134 Å². The summed E-state index contributed by atoms with van der Waals surface area (Å²) in [5, 5.41) is 0. The van der Waals surface area contributed by atoms with Gasteiger partial charge < -0.3 is 4.90 Å². The number of hydrogen-bond acceptors (Lipinski definition) is 3. The van der Waals surface area contributed by atoms with E-state index in [1.807, 2.05) is 50.1 Å². The maximum atomic E-state index is 10.6. The third-order valence-electron chi connectivity index (χ3n) is 2.86. The number of likely N-dealkylation sites (N-methyl/N-ethyl adjacent to an activating group) is 1. The third-order valence-corrected chi connectivity index (χ3v) is 3.45. The number of aryl methyl sites for hydroxylation is 1. The van der Waals surface area contributed by atoms with E-state index >= 15 is 0 Å². The normalized spacial score (nSPS) is 11.4. The smallest absolute Gasteiger partial charge is 0.268 e. The highest BCUT2D eigenvalue weighted by Crippen LogP contribution is 2.15. The summed E-state index contributed by atoms with van der Waals surface area (Å²) >= 11 is 0. The van der Waals surface area contributed by atoms with Crippen molar-refractivity contribution < 1.29 is 13.0 Å². The van der Waals surface area contributed by atoms with Crippen molar-refractivity contribution in [2.45, 2.75) is 27.2 Å². The Balaban J connectivity index is 0.000000980. The lowest BCUT2D eigenvalue weighted by atomic mass is 10.2. The molecule has 1 rings (SSSR count). The minimum absolute atomic E-state index is 0.333. The van der Waals surface area contributed by atoms with Crippen LogP contribution in [0.3, 0.4) is 0 Å². The van der Waals surface area contributed by atoms with Crippen molar-refractivity contribution >= 4 is 15.8 Å². The first kappa shape index (κ1) is 20.4. The lowest BCUT2D eigenvalue weighted by Crippen LogP contribution is -2.19. The van der Waals surface area contributed by atoms with Gasteiger partial charge in [0.15, 0.2) is 0 Å². The zero-order chi connectivity index (χ0) is 17.2. The van der Waals surface area contributed by atoms with Gasteiger partial charge >= 0.3 is 0 Å². The first-order valence-corrected chi connectivity index (χ1v) is 8.80. The van der Waals surface area contributed by atoms with Crippen LogP contribution in [0, 0.1) is 6.92 Å². The molecule has 0 fully saturated rings. The molecule has 0 atom stereocenters. The molecule has 0 aliphatic carbocycles. The van der Waals surface area contributed by atoms with E-state index in [1.165, 1.54) is 11.6 Å². The van der Waals surface area contributed by atoms with Crippen molar-refractivity contribution in [3.8, 4) is 0 Å². The van der Waals surface area contributed by atoms with Crippen LogP contribution in [0.5, 0.6) is 0 Å².